The number of hydrogen-bond acceptors (Lipinski definition) is 0. The fraction of sp³-hybridized carbons (Fsp3) is 0.400. The van der Waals surface area contributed by atoms with E-state index < -0.39 is 0 Å². The van der Waals surface area contributed by atoms with Crippen LogP contribution in [0.3, 0.4) is 0 Å². The summed E-state index contributed by atoms with van der Waals surface area (Å²) < 4.78 is 0. The van der Waals surface area contributed by atoms with E-state index in [0.717, 1.165) is 11.8 Å². The van der Waals surface area contributed by atoms with Crippen molar-refractivity contribution in [1.29, 1.82) is 0 Å². The second-order valence-corrected chi connectivity index (χ2v) is 3.17. The Morgan fingerprint density at radius 3 is 2.90 bits per heavy atom. The molecular formula is C10H12. The Bertz CT molecular complexity index is 208. The number of fused-ring (bicyclic) bond motifs is 2. The molecule has 0 amide bonds. The van der Waals surface area contributed by atoms with Gasteiger partial charge in [0.15, 0.2) is 0 Å². The summed E-state index contributed by atoms with van der Waals surface area (Å²) in [5.41, 5.74) is 1.59. The fourth-order valence-corrected chi connectivity index (χ4v) is 2.00. The molecule has 10 heavy (non-hydrogen) atoms. The summed E-state index contributed by atoms with van der Waals surface area (Å²) >= 11 is 0. The van der Waals surface area contributed by atoms with Gasteiger partial charge in [-0.25, -0.2) is 0 Å². The van der Waals surface area contributed by atoms with E-state index >= 15 is 0 Å². The summed E-state index contributed by atoms with van der Waals surface area (Å²) in [6.07, 6.45) is 11.4. The van der Waals surface area contributed by atoms with E-state index in [1.54, 1.807) is 5.57 Å². The molecule has 52 valence electrons. The van der Waals surface area contributed by atoms with Crippen molar-refractivity contribution in [2.75, 3.05) is 0 Å². The first-order chi connectivity index (χ1) is 4.90. The molecule has 1 saturated carbocycles. The number of rotatable bonds is 1. The smallest absolute Gasteiger partial charge is 0.00141 e. The summed E-state index contributed by atoms with van der Waals surface area (Å²) in [5.74, 6) is 1.62. The lowest BCUT2D eigenvalue weighted by atomic mass is 10.0. The predicted octanol–water partition coefficient (Wildman–Crippen LogP) is 2.69. The summed E-state index contributed by atoms with van der Waals surface area (Å²) in [4.78, 5) is 0. The molecule has 0 spiro atoms. The van der Waals surface area contributed by atoms with Crippen LogP contribution in [0.15, 0.2) is 36.5 Å². The molecule has 0 aromatic carbocycles. The van der Waals surface area contributed by atoms with Gasteiger partial charge in [0.1, 0.15) is 0 Å². The third kappa shape index (κ3) is 0.756. The van der Waals surface area contributed by atoms with Crippen molar-refractivity contribution in [2.45, 2.75) is 12.8 Å². The highest BCUT2D eigenvalue weighted by Gasteiger charge is 2.29. The van der Waals surface area contributed by atoms with Gasteiger partial charge in [-0.3, -0.25) is 0 Å². The first kappa shape index (κ1) is 5.96. The first-order valence-corrected chi connectivity index (χ1v) is 3.90. The minimum Gasteiger partial charge on any atom is -0.0991 e. The van der Waals surface area contributed by atoms with Crippen molar-refractivity contribution in [3.63, 3.8) is 0 Å². The maximum absolute atomic E-state index is 3.71. The second kappa shape index (κ2) is 2.12. The van der Waals surface area contributed by atoms with Gasteiger partial charge in [-0.2, -0.15) is 0 Å². The Morgan fingerprint density at radius 2 is 2.40 bits per heavy atom. The molecule has 0 aromatic heterocycles. The molecule has 0 heterocycles. The summed E-state index contributed by atoms with van der Waals surface area (Å²) in [5, 5.41) is 0. The van der Waals surface area contributed by atoms with E-state index in [-0.39, 0.29) is 0 Å². The van der Waals surface area contributed by atoms with E-state index in [1.165, 1.54) is 12.8 Å². The van der Waals surface area contributed by atoms with Crippen LogP contribution in [0.1, 0.15) is 12.8 Å². The lowest BCUT2D eigenvalue weighted by Gasteiger charge is -2.05. The average molecular weight is 132 g/mol. The molecule has 2 aliphatic rings. The summed E-state index contributed by atoms with van der Waals surface area (Å²) in [6.45, 7) is 3.71. The van der Waals surface area contributed by atoms with Gasteiger partial charge in [0.25, 0.3) is 0 Å². The van der Waals surface area contributed by atoms with Gasteiger partial charge in [0.2, 0.25) is 0 Å². The molecule has 0 heteroatoms. The van der Waals surface area contributed by atoms with Crippen LogP contribution < -0.4 is 0 Å². The van der Waals surface area contributed by atoms with Crippen molar-refractivity contribution in [3.05, 3.63) is 36.5 Å². The topological polar surface area (TPSA) is 0 Å². The van der Waals surface area contributed by atoms with E-state index in [1.807, 2.05) is 6.08 Å². The highest BCUT2D eigenvalue weighted by atomic mass is 14.3. The van der Waals surface area contributed by atoms with E-state index in [2.05, 4.69) is 24.8 Å². The Morgan fingerprint density at radius 1 is 1.50 bits per heavy atom. The molecule has 0 N–H and O–H groups in total. The van der Waals surface area contributed by atoms with Gasteiger partial charge in [-0.1, -0.05) is 36.5 Å². The Labute approximate surface area is 61.9 Å². The molecule has 2 rings (SSSR count). The van der Waals surface area contributed by atoms with Crippen LogP contribution in [0, 0.1) is 11.8 Å². The third-order valence-corrected chi connectivity index (χ3v) is 2.48. The molecule has 2 bridgehead atoms. The first-order valence-electron chi connectivity index (χ1n) is 3.90. The molecule has 0 aliphatic heterocycles. The molecule has 2 atom stereocenters. The van der Waals surface area contributed by atoms with Crippen molar-refractivity contribution in [3.8, 4) is 0 Å². The minimum atomic E-state index is 0.767. The minimum absolute atomic E-state index is 0.767. The van der Waals surface area contributed by atoms with Gasteiger partial charge in [-0.15, -0.1) is 0 Å². The van der Waals surface area contributed by atoms with Gasteiger partial charge < -0.3 is 0 Å². The summed E-state index contributed by atoms with van der Waals surface area (Å²) in [6, 6.07) is 0. The van der Waals surface area contributed by atoms with E-state index in [9.17, 15) is 0 Å². The normalized spacial score (nSPS) is 39.4. The Kier molecular flexibility index (Phi) is 1.26. The highest BCUT2D eigenvalue weighted by Crippen LogP contribution is 2.42. The number of allylic oxidation sites excluding steroid dienone is 5. The van der Waals surface area contributed by atoms with E-state index in [0.29, 0.717) is 0 Å². The highest BCUT2D eigenvalue weighted by molar-refractivity contribution is 5.29. The standard InChI is InChI=1S/C10H12/c1-2-3-9-6-8-4-5-10(9)7-8/h2-5,8,10H,1,6-7H2. The summed E-state index contributed by atoms with van der Waals surface area (Å²) in [7, 11) is 0. The number of hydrogen-bond donors (Lipinski definition) is 0. The third-order valence-electron chi connectivity index (χ3n) is 2.48. The van der Waals surface area contributed by atoms with Crippen LogP contribution in [0.2, 0.25) is 0 Å². The second-order valence-electron chi connectivity index (χ2n) is 3.17. The molecule has 1 fully saturated rings. The molecule has 0 nitrogen and oxygen atoms in total. The van der Waals surface area contributed by atoms with Gasteiger partial charge in [0.05, 0.1) is 0 Å². The molecule has 0 radical (unpaired) electrons. The van der Waals surface area contributed by atoms with Crippen LogP contribution in [0.4, 0.5) is 0 Å². The SMILES string of the molecule is C=CC=C1CC2C=CC1C2. The lowest BCUT2D eigenvalue weighted by Crippen LogP contribution is -1.90. The van der Waals surface area contributed by atoms with Crippen molar-refractivity contribution < 1.29 is 0 Å². The van der Waals surface area contributed by atoms with Crippen LogP contribution in [-0.2, 0) is 0 Å². The zero-order chi connectivity index (χ0) is 6.97. The van der Waals surface area contributed by atoms with Crippen molar-refractivity contribution in [2.24, 2.45) is 11.8 Å². The molecule has 2 aliphatic carbocycles. The maximum Gasteiger partial charge on any atom is -0.00141 e. The largest absolute Gasteiger partial charge is 0.0991 e. The molecule has 0 aromatic rings. The van der Waals surface area contributed by atoms with Crippen LogP contribution in [0.5, 0.6) is 0 Å². The predicted molar refractivity (Wildman–Crippen MR) is 43.6 cm³/mol. The molecular weight excluding hydrogens is 120 g/mol. The van der Waals surface area contributed by atoms with Crippen molar-refractivity contribution >= 4 is 0 Å². The quantitative estimate of drug-likeness (QED) is 0.481. The monoisotopic (exact) mass is 132 g/mol. The average Bonchev–Trinajstić information content (AvgIpc) is 2.48. The Balaban J connectivity index is 2.23. The maximum atomic E-state index is 3.71. The van der Waals surface area contributed by atoms with Crippen molar-refractivity contribution in [1.82, 2.24) is 0 Å². The fourth-order valence-electron chi connectivity index (χ4n) is 2.00. The van der Waals surface area contributed by atoms with Crippen LogP contribution >= 0.6 is 0 Å². The molecule has 2 unspecified atom stereocenters. The Hall–Kier alpha value is -0.780. The lowest BCUT2D eigenvalue weighted by molar-refractivity contribution is 0.693. The zero-order valence-corrected chi connectivity index (χ0v) is 6.09. The van der Waals surface area contributed by atoms with Crippen LogP contribution in [-0.4, -0.2) is 0 Å². The van der Waals surface area contributed by atoms with Gasteiger partial charge in [0, 0.05) is 0 Å². The van der Waals surface area contributed by atoms with Crippen LogP contribution in [0.25, 0.3) is 0 Å². The van der Waals surface area contributed by atoms with Gasteiger partial charge in [-0.05, 0) is 24.7 Å². The van der Waals surface area contributed by atoms with Gasteiger partial charge >= 0.3 is 0 Å². The zero-order valence-electron chi connectivity index (χ0n) is 6.09. The van der Waals surface area contributed by atoms with E-state index in [4.69, 9.17) is 0 Å². The molecule has 0 saturated heterocycles.